The van der Waals surface area contributed by atoms with Crippen molar-refractivity contribution in [2.24, 2.45) is 5.92 Å². The Balaban J connectivity index is 1.51. The third kappa shape index (κ3) is 4.47. The van der Waals surface area contributed by atoms with Gasteiger partial charge < -0.3 is 20.5 Å². The van der Waals surface area contributed by atoms with Crippen molar-refractivity contribution in [1.29, 1.82) is 0 Å². The number of benzene rings is 1. The Morgan fingerprint density at radius 2 is 2.15 bits per heavy atom. The average Bonchev–Trinajstić information content (AvgIpc) is 3.14. The highest BCUT2D eigenvalue weighted by Gasteiger charge is 2.20. The zero-order valence-electron chi connectivity index (χ0n) is 18.3. The van der Waals surface area contributed by atoms with E-state index in [1.165, 1.54) is 0 Å². The summed E-state index contributed by atoms with van der Waals surface area (Å²) < 4.78 is 5.16. The van der Waals surface area contributed by atoms with E-state index in [2.05, 4.69) is 43.2 Å². The van der Waals surface area contributed by atoms with Gasteiger partial charge in [-0.25, -0.2) is 4.98 Å². The first-order valence-corrected chi connectivity index (χ1v) is 11.1. The molecule has 0 saturated heterocycles. The van der Waals surface area contributed by atoms with E-state index >= 15 is 0 Å². The normalized spacial score (nSPS) is 16.9. The second-order valence-corrected chi connectivity index (χ2v) is 8.65. The van der Waals surface area contributed by atoms with Crippen LogP contribution in [0.5, 0.6) is 0 Å². The largest absolute Gasteiger partial charge is 0.361 e. The van der Waals surface area contributed by atoms with Crippen LogP contribution in [0.15, 0.2) is 52.8 Å². The lowest BCUT2D eigenvalue weighted by Gasteiger charge is -2.20. The Labute approximate surface area is 196 Å². The van der Waals surface area contributed by atoms with Crippen LogP contribution < -0.4 is 16.0 Å². The van der Waals surface area contributed by atoms with Crippen molar-refractivity contribution in [3.05, 3.63) is 75.9 Å². The number of hydrogen-bond donors (Lipinski definition) is 3. The lowest BCUT2D eigenvalue weighted by molar-refractivity contribution is 0.102. The molecule has 9 heteroatoms. The number of hydrogen-bond acceptors (Lipinski definition) is 7. The van der Waals surface area contributed by atoms with E-state index in [0.29, 0.717) is 39.7 Å². The fourth-order valence-corrected chi connectivity index (χ4v) is 4.31. The molecule has 6 bridgehead atoms. The van der Waals surface area contributed by atoms with Crippen LogP contribution in [0.2, 0.25) is 5.02 Å². The molecule has 0 saturated carbocycles. The Kier molecular flexibility index (Phi) is 5.60. The van der Waals surface area contributed by atoms with Gasteiger partial charge in [0.2, 0.25) is 5.95 Å². The molecule has 0 spiro atoms. The maximum absolute atomic E-state index is 13.0. The van der Waals surface area contributed by atoms with Crippen LogP contribution in [0.3, 0.4) is 0 Å². The van der Waals surface area contributed by atoms with Gasteiger partial charge >= 0.3 is 0 Å². The van der Waals surface area contributed by atoms with Gasteiger partial charge in [-0.2, -0.15) is 4.98 Å². The summed E-state index contributed by atoms with van der Waals surface area (Å²) in [5.41, 5.74) is 4.67. The molecule has 1 aliphatic carbocycles. The summed E-state index contributed by atoms with van der Waals surface area (Å²) in [6, 6.07) is 5.80. The minimum absolute atomic E-state index is 0.235. The standard InChI is InChI=1S/C24H23ClN6O2/c1-13-21(14(2)33-31-13)23(32)29-20-9-8-18-11-16(20)7-6-15-4-3-5-17(10-15)28-24-26-12-19(25)22(27-18)30-24/h3-5,8-9,11-12,15H,6-7,10H2,1-2H3,(H,29,32)(H2,26,27,28,30). The maximum atomic E-state index is 13.0. The number of amides is 1. The molecule has 3 N–H and O–H groups in total. The van der Waals surface area contributed by atoms with E-state index in [9.17, 15) is 4.79 Å². The molecule has 8 nitrogen and oxygen atoms in total. The summed E-state index contributed by atoms with van der Waals surface area (Å²) in [7, 11) is 0. The third-order valence-corrected chi connectivity index (χ3v) is 6.12. The number of fused-ring (bicyclic) bond motifs is 6. The van der Waals surface area contributed by atoms with Gasteiger partial charge in [-0.05, 0) is 68.9 Å². The fraction of sp³-hybridized carbons (Fsp3) is 0.250. The molecule has 2 aromatic heterocycles. The summed E-state index contributed by atoms with van der Waals surface area (Å²) in [5, 5.41) is 13.9. The summed E-state index contributed by atoms with van der Waals surface area (Å²) in [6.07, 6.45) is 10.4. The highest BCUT2D eigenvalue weighted by Crippen LogP contribution is 2.31. The van der Waals surface area contributed by atoms with E-state index < -0.39 is 0 Å². The zero-order chi connectivity index (χ0) is 22.9. The van der Waals surface area contributed by atoms with Crippen LogP contribution in [-0.4, -0.2) is 21.0 Å². The van der Waals surface area contributed by atoms with Crippen LogP contribution >= 0.6 is 11.6 Å². The highest BCUT2D eigenvalue weighted by molar-refractivity contribution is 6.32. The van der Waals surface area contributed by atoms with Gasteiger partial charge in [0.15, 0.2) is 5.82 Å². The van der Waals surface area contributed by atoms with Crippen molar-refractivity contribution in [2.45, 2.75) is 33.1 Å². The lowest BCUT2D eigenvalue weighted by Crippen LogP contribution is -2.15. The van der Waals surface area contributed by atoms with E-state index in [4.69, 9.17) is 16.1 Å². The van der Waals surface area contributed by atoms with Gasteiger partial charge in [-0.15, -0.1) is 0 Å². The molecule has 2 aliphatic rings. The number of allylic oxidation sites excluding steroid dienone is 4. The number of aryl methyl sites for hydroxylation is 3. The monoisotopic (exact) mass is 462 g/mol. The molecule has 5 rings (SSSR count). The SMILES string of the molecule is Cc1noc(C)c1C(=O)Nc1ccc2cc1CCC1C=CC=C(C1)Nc1ncc(Cl)c(n1)N2. The van der Waals surface area contributed by atoms with Gasteiger partial charge in [0.05, 0.1) is 11.9 Å². The first kappa shape index (κ1) is 21.2. The van der Waals surface area contributed by atoms with E-state index in [0.717, 1.165) is 41.9 Å². The van der Waals surface area contributed by atoms with Crippen molar-refractivity contribution < 1.29 is 9.32 Å². The average molecular weight is 463 g/mol. The summed E-state index contributed by atoms with van der Waals surface area (Å²) in [5.74, 6) is 1.62. The molecule has 0 radical (unpaired) electrons. The fourth-order valence-electron chi connectivity index (χ4n) is 4.17. The minimum atomic E-state index is -0.235. The van der Waals surface area contributed by atoms with Crippen molar-refractivity contribution in [1.82, 2.24) is 15.1 Å². The second kappa shape index (κ2) is 8.71. The predicted molar refractivity (Wildman–Crippen MR) is 128 cm³/mol. The van der Waals surface area contributed by atoms with Gasteiger partial charge in [0.25, 0.3) is 5.91 Å². The number of rotatable bonds is 2. The molecular formula is C24H23ClN6O2. The Hall–Kier alpha value is -3.65. The number of aromatic nitrogens is 3. The smallest absolute Gasteiger partial charge is 0.261 e. The van der Waals surface area contributed by atoms with Gasteiger partial charge in [-0.1, -0.05) is 28.9 Å². The Morgan fingerprint density at radius 1 is 1.27 bits per heavy atom. The topological polar surface area (TPSA) is 105 Å². The minimum Gasteiger partial charge on any atom is -0.361 e. The van der Waals surface area contributed by atoms with Crippen LogP contribution in [0.1, 0.15) is 40.2 Å². The van der Waals surface area contributed by atoms with E-state index in [-0.39, 0.29) is 5.91 Å². The van der Waals surface area contributed by atoms with Gasteiger partial charge in [-0.3, -0.25) is 4.79 Å². The van der Waals surface area contributed by atoms with Crippen molar-refractivity contribution in [3.8, 4) is 0 Å². The van der Waals surface area contributed by atoms with Crippen LogP contribution in [0, 0.1) is 19.8 Å². The first-order valence-electron chi connectivity index (χ1n) is 10.8. The van der Waals surface area contributed by atoms with Gasteiger partial charge in [0.1, 0.15) is 16.3 Å². The molecule has 1 atom stereocenters. The van der Waals surface area contributed by atoms with Crippen molar-refractivity contribution in [3.63, 3.8) is 0 Å². The van der Waals surface area contributed by atoms with Crippen LogP contribution in [0.25, 0.3) is 0 Å². The van der Waals surface area contributed by atoms with Gasteiger partial charge in [0, 0.05) is 17.1 Å². The van der Waals surface area contributed by atoms with Crippen LogP contribution in [0.4, 0.5) is 23.1 Å². The molecule has 3 heterocycles. The molecule has 33 heavy (non-hydrogen) atoms. The number of halogens is 1. The quantitative estimate of drug-likeness (QED) is 0.458. The number of nitrogens with zero attached hydrogens (tertiary/aromatic N) is 3. The molecule has 168 valence electrons. The molecule has 3 aromatic rings. The first-order chi connectivity index (χ1) is 16.0. The maximum Gasteiger partial charge on any atom is 0.261 e. The number of nitrogens with one attached hydrogen (secondary N) is 3. The predicted octanol–water partition coefficient (Wildman–Crippen LogP) is 5.55. The molecule has 1 unspecified atom stereocenters. The summed E-state index contributed by atoms with van der Waals surface area (Å²) >= 11 is 6.34. The third-order valence-electron chi connectivity index (χ3n) is 5.84. The molecule has 0 fully saturated rings. The summed E-state index contributed by atoms with van der Waals surface area (Å²) in [6.45, 7) is 3.49. The van der Waals surface area contributed by atoms with Crippen LogP contribution in [-0.2, 0) is 6.42 Å². The highest BCUT2D eigenvalue weighted by atomic mass is 35.5. The van der Waals surface area contributed by atoms with Crippen molar-refractivity contribution >= 4 is 40.6 Å². The number of anilines is 4. The zero-order valence-corrected chi connectivity index (χ0v) is 19.0. The lowest BCUT2D eigenvalue weighted by atomic mass is 9.91. The number of carbonyl (C=O) groups is 1. The summed E-state index contributed by atoms with van der Waals surface area (Å²) in [4.78, 5) is 21.8. The van der Waals surface area contributed by atoms with E-state index in [1.54, 1.807) is 20.0 Å². The van der Waals surface area contributed by atoms with E-state index in [1.807, 2.05) is 24.3 Å². The molecular weight excluding hydrogens is 440 g/mol. The Morgan fingerprint density at radius 3 is 2.97 bits per heavy atom. The Bertz CT molecular complexity index is 1280. The second-order valence-electron chi connectivity index (χ2n) is 8.25. The number of carbonyl (C=O) groups excluding carboxylic acids is 1. The van der Waals surface area contributed by atoms with Crippen molar-refractivity contribution in [2.75, 3.05) is 16.0 Å². The molecule has 1 aromatic carbocycles. The molecule has 1 amide bonds. The molecule has 1 aliphatic heterocycles.